The molecule has 1 amide bonds. The molecule has 1 saturated carbocycles. The van der Waals surface area contributed by atoms with Gasteiger partial charge in [0.2, 0.25) is 0 Å². The Labute approximate surface area is 96.0 Å². The predicted octanol–water partition coefficient (Wildman–Crippen LogP) is 1.58. The van der Waals surface area contributed by atoms with Crippen molar-refractivity contribution in [2.24, 2.45) is 11.3 Å². The number of rotatable bonds is 0. The van der Waals surface area contributed by atoms with E-state index in [0.29, 0.717) is 11.0 Å². The van der Waals surface area contributed by atoms with Crippen LogP contribution in [0.5, 0.6) is 0 Å². The van der Waals surface area contributed by atoms with Gasteiger partial charge in [0.25, 0.3) is 5.91 Å². The minimum Gasteiger partial charge on any atom is -0.348 e. The van der Waals surface area contributed by atoms with Gasteiger partial charge in [0.05, 0.1) is 0 Å². The number of carbonyl (C=O) groups is 1. The second kappa shape index (κ2) is 3.17. The van der Waals surface area contributed by atoms with E-state index in [0.717, 1.165) is 12.8 Å². The fraction of sp³-hybridized carbons (Fsp3) is 0.818. The zero-order valence-electron chi connectivity index (χ0n) is 9.52. The molecule has 2 fully saturated rings. The third kappa shape index (κ3) is 1.87. The highest BCUT2D eigenvalue weighted by Gasteiger charge is 2.51. The predicted molar refractivity (Wildman–Crippen MR) is 63.4 cm³/mol. The van der Waals surface area contributed by atoms with Gasteiger partial charge in [-0.15, -0.1) is 0 Å². The molecular weight excluding hydrogens is 208 g/mol. The van der Waals surface area contributed by atoms with Crippen molar-refractivity contribution in [1.82, 2.24) is 10.6 Å². The van der Waals surface area contributed by atoms with Crippen molar-refractivity contribution in [3.63, 3.8) is 0 Å². The van der Waals surface area contributed by atoms with Gasteiger partial charge >= 0.3 is 0 Å². The van der Waals surface area contributed by atoms with Crippen LogP contribution in [-0.2, 0) is 4.79 Å². The van der Waals surface area contributed by atoms with Gasteiger partial charge < -0.3 is 10.6 Å². The Morgan fingerprint density at radius 2 is 2.07 bits per heavy atom. The topological polar surface area (TPSA) is 41.1 Å². The van der Waals surface area contributed by atoms with Crippen molar-refractivity contribution in [2.75, 3.05) is 0 Å². The first-order valence-electron chi connectivity index (χ1n) is 5.47. The van der Waals surface area contributed by atoms with Gasteiger partial charge in [-0.2, -0.15) is 0 Å². The molecule has 2 atom stereocenters. The molecule has 0 radical (unpaired) electrons. The largest absolute Gasteiger partial charge is 0.348 e. The van der Waals surface area contributed by atoms with Crippen molar-refractivity contribution in [1.29, 1.82) is 0 Å². The maximum Gasteiger partial charge on any atom is 0.251 e. The lowest BCUT2D eigenvalue weighted by molar-refractivity contribution is -0.127. The molecule has 4 heteroatoms. The molecular formula is C11H18N2OS. The Balaban J connectivity index is 2.28. The van der Waals surface area contributed by atoms with Crippen LogP contribution in [0.25, 0.3) is 0 Å². The summed E-state index contributed by atoms with van der Waals surface area (Å²) in [4.78, 5) is 11.9. The lowest BCUT2D eigenvalue weighted by atomic mass is 9.64. The van der Waals surface area contributed by atoms with Gasteiger partial charge in [-0.25, -0.2) is 0 Å². The van der Waals surface area contributed by atoms with Gasteiger partial charge in [-0.3, -0.25) is 4.79 Å². The summed E-state index contributed by atoms with van der Waals surface area (Å²) in [7, 11) is 0. The quantitative estimate of drug-likeness (QED) is 0.616. The molecule has 1 aliphatic heterocycles. The number of hydrogen-bond donors (Lipinski definition) is 2. The first-order chi connectivity index (χ1) is 6.83. The number of thiocarbonyl (C=S) groups is 1. The number of carbonyl (C=O) groups excluding carboxylic acids is 1. The Morgan fingerprint density at radius 3 is 2.53 bits per heavy atom. The first kappa shape index (κ1) is 10.9. The lowest BCUT2D eigenvalue weighted by Crippen LogP contribution is -2.54. The van der Waals surface area contributed by atoms with Crippen LogP contribution in [0.3, 0.4) is 0 Å². The lowest BCUT2D eigenvalue weighted by Gasteiger charge is -2.43. The normalized spacial score (nSPS) is 39.0. The third-order valence-corrected chi connectivity index (χ3v) is 3.60. The van der Waals surface area contributed by atoms with E-state index in [9.17, 15) is 4.79 Å². The fourth-order valence-electron chi connectivity index (χ4n) is 3.37. The highest BCUT2D eigenvalue weighted by molar-refractivity contribution is 7.80. The molecule has 1 saturated heterocycles. The molecule has 0 aromatic carbocycles. The second-order valence-electron chi connectivity index (χ2n) is 5.84. The molecule has 1 spiro atoms. The monoisotopic (exact) mass is 226 g/mol. The molecule has 3 nitrogen and oxygen atoms in total. The van der Waals surface area contributed by atoms with Gasteiger partial charge in [-0.05, 0) is 42.8 Å². The zero-order valence-corrected chi connectivity index (χ0v) is 10.3. The van der Waals surface area contributed by atoms with Crippen molar-refractivity contribution < 1.29 is 4.79 Å². The minimum atomic E-state index is -0.432. The SMILES string of the molecule is CC1CC(C)(C)CC2(C1)NC(=S)NC2=O. The summed E-state index contributed by atoms with van der Waals surface area (Å²) < 4.78 is 0. The second-order valence-corrected chi connectivity index (χ2v) is 6.25. The van der Waals surface area contributed by atoms with Gasteiger partial charge in [0, 0.05) is 0 Å². The van der Waals surface area contributed by atoms with Crippen LogP contribution in [0.2, 0.25) is 0 Å². The smallest absolute Gasteiger partial charge is 0.251 e. The standard InChI is InChI=1S/C11H18N2OS/c1-7-4-10(2,3)6-11(5-7)8(14)12-9(15)13-11/h7H,4-6H2,1-3H3,(H2,12,13,14,15). The maximum atomic E-state index is 11.9. The van der Waals surface area contributed by atoms with Crippen LogP contribution in [0.1, 0.15) is 40.0 Å². The van der Waals surface area contributed by atoms with Gasteiger partial charge in [0.15, 0.2) is 5.11 Å². The van der Waals surface area contributed by atoms with Crippen LogP contribution in [0.4, 0.5) is 0 Å². The number of hydrogen-bond acceptors (Lipinski definition) is 2. The van der Waals surface area contributed by atoms with Crippen molar-refractivity contribution in [3.8, 4) is 0 Å². The number of nitrogens with one attached hydrogen (secondary N) is 2. The van der Waals surface area contributed by atoms with Crippen molar-refractivity contribution >= 4 is 23.2 Å². The highest BCUT2D eigenvalue weighted by atomic mass is 32.1. The van der Waals surface area contributed by atoms with E-state index in [4.69, 9.17) is 12.2 Å². The molecule has 2 N–H and O–H groups in total. The number of amides is 1. The molecule has 15 heavy (non-hydrogen) atoms. The molecule has 0 aromatic rings. The van der Waals surface area contributed by atoms with Crippen LogP contribution in [-0.4, -0.2) is 16.6 Å². The van der Waals surface area contributed by atoms with Crippen molar-refractivity contribution in [2.45, 2.75) is 45.6 Å². The fourth-order valence-corrected chi connectivity index (χ4v) is 3.66. The maximum absolute atomic E-state index is 11.9. The molecule has 84 valence electrons. The summed E-state index contributed by atoms with van der Waals surface area (Å²) in [6, 6.07) is 0. The molecule has 2 unspecified atom stereocenters. The average Bonchev–Trinajstić information content (AvgIpc) is 2.20. The molecule has 0 aromatic heterocycles. The van der Waals surface area contributed by atoms with E-state index in [-0.39, 0.29) is 11.3 Å². The van der Waals surface area contributed by atoms with E-state index in [2.05, 4.69) is 31.4 Å². The van der Waals surface area contributed by atoms with Gasteiger partial charge in [0.1, 0.15) is 5.54 Å². The first-order valence-corrected chi connectivity index (χ1v) is 5.87. The molecule has 1 heterocycles. The molecule has 2 aliphatic rings. The third-order valence-electron chi connectivity index (χ3n) is 3.39. The highest BCUT2D eigenvalue weighted by Crippen LogP contribution is 2.44. The van der Waals surface area contributed by atoms with E-state index in [1.807, 2.05) is 0 Å². The Kier molecular flexibility index (Phi) is 2.30. The van der Waals surface area contributed by atoms with Crippen molar-refractivity contribution in [3.05, 3.63) is 0 Å². The summed E-state index contributed by atoms with van der Waals surface area (Å²) in [5, 5.41) is 6.38. The molecule has 0 bridgehead atoms. The molecule has 1 aliphatic carbocycles. The van der Waals surface area contributed by atoms with Gasteiger partial charge in [-0.1, -0.05) is 20.8 Å². The van der Waals surface area contributed by atoms with E-state index in [1.165, 1.54) is 6.42 Å². The van der Waals surface area contributed by atoms with Crippen LogP contribution in [0, 0.1) is 11.3 Å². The van der Waals surface area contributed by atoms with E-state index < -0.39 is 5.54 Å². The Morgan fingerprint density at radius 1 is 1.40 bits per heavy atom. The zero-order chi connectivity index (χ0) is 11.3. The van der Waals surface area contributed by atoms with Crippen LogP contribution < -0.4 is 10.6 Å². The summed E-state index contributed by atoms with van der Waals surface area (Å²) in [5.74, 6) is 0.625. The summed E-state index contributed by atoms with van der Waals surface area (Å²) in [5.41, 5.74) is -0.222. The summed E-state index contributed by atoms with van der Waals surface area (Å²) in [6.45, 7) is 6.65. The summed E-state index contributed by atoms with van der Waals surface area (Å²) >= 11 is 5.02. The molecule has 2 rings (SSSR count). The Hall–Kier alpha value is -0.640. The van der Waals surface area contributed by atoms with Crippen LogP contribution >= 0.6 is 12.2 Å². The average molecular weight is 226 g/mol. The summed E-state index contributed by atoms with van der Waals surface area (Å²) in [6.07, 6.45) is 2.94. The van der Waals surface area contributed by atoms with E-state index in [1.54, 1.807) is 0 Å². The van der Waals surface area contributed by atoms with E-state index >= 15 is 0 Å². The Bertz CT molecular complexity index is 327. The minimum absolute atomic E-state index is 0.0622. The van der Waals surface area contributed by atoms with Crippen LogP contribution in [0.15, 0.2) is 0 Å².